The minimum Gasteiger partial charge on any atom is -0.494 e. The Labute approximate surface area is 234 Å². The van der Waals surface area contributed by atoms with Crippen molar-refractivity contribution in [3.05, 3.63) is 87.8 Å². The van der Waals surface area contributed by atoms with Crippen LogP contribution in [-0.4, -0.2) is 45.9 Å². The van der Waals surface area contributed by atoms with Gasteiger partial charge in [0, 0.05) is 42.0 Å². The fourth-order valence-electron chi connectivity index (χ4n) is 4.36. The molecular weight excluding hydrogens is 544 g/mol. The molecule has 0 spiro atoms. The molecule has 1 fully saturated rings. The number of rotatable bonds is 9. The van der Waals surface area contributed by atoms with E-state index in [0.717, 1.165) is 32.5 Å². The maximum Gasteiger partial charge on any atom is 0.296 e. The lowest BCUT2D eigenvalue weighted by Gasteiger charge is -2.22. The second-order valence-corrected chi connectivity index (χ2v) is 10.1. The highest BCUT2D eigenvalue weighted by atomic mass is 35.5. The molecule has 2 aromatic heterocycles. The first kappa shape index (κ1) is 27.1. The summed E-state index contributed by atoms with van der Waals surface area (Å²) in [4.78, 5) is 21.2. The number of amides is 1. The van der Waals surface area contributed by atoms with E-state index < -0.39 is 5.91 Å². The summed E-state index contributed by atoms with van der Waals surface area (Å²) in [6.45, 7) is 2.18. The van der Waals surface area contributed by atoms with Crippen LogP contribution in [0.2, 0.25) is 10.0 Å². The molecule has 202 valence electrons. The van der Waals surface area contributed by atoms with Crippen LogP contribution in [-0.2, 0) is 11.2 Å². The second kappa shape index (κ2) is 12.5. The van der Waals surface area contributed by atoms with Gasteiger partial charge in [0.25, 0.3) is 5.91 Å². The number of nitrogens with zero attached hydrogens (tertiary/aromatic N) is 3. The standard InChI is InChI=1S/C28H26Cl2FN5O3/c29-22-8-7-19(39-11-9-17-4-3-10-38-16-17)13-20(22)21-14-25(32-15-23(21)30)34-28(37)27-33-26(35-36-27)12-18-5-1-2-6-24(18)31/h1-2,5-8,13-15,17H,3-4,9-12,16H2,(H,32,34,37)(H,33,35,36). The van der Waals surface area contributed by atoms with Crippen LogP contribution in [0.3, 0.4) is 0 Å². The lowest BCUT2D eigenvalue weighted by Crippen LogP contribution is -2.19. The SMILES string of the molecule is O=C(Nc1cc(-c2cc(OCCC3CCCOC3)ccc2Cl)c(Cl)cn1)c1n[nH]c(Cc2ccccc2F)n1. The van der Waals surface area contributed by atoms with Gasteiger partial charge in [-0.3, -0.25) is 9.89 Å². The van der Waals surface area contributed by atoms with Gasteiger partial charge in [-0.2, -0.15) is 0 Å². The van der Waals surface area contributed by atoms with Crippen molar-refractivity contribution < 1.29 is 18.7 Å². The highest BCUT2D eigenvalue weighted by Crippen LogP contribution is 2.36. The molecule has 3 heterocycles. The number of carbonyl (C=O) groups is 1. The van der Waals surface area contributed by atoms with E-state index in [4.69, 9.17) is 32.7 Å². The molecule has 8 nitrogen and oxygen atoms in total. The number of nitrogens with one attached hydrogen (secondary N) is 2. The molecule has 2 aromatic carbocycles. The molecule has 1 saturated heterocycles. The largest absolute Gasteiger partial charge is 0.494 e. The number of aromatic amines is 1. The van der Waals surface area contributed by atoms with Crippen LogP contribution in [0.5, 0.6) is 5.75 Å². The van der Waals surface area contributed by atoms with Gasteiger partial charge in [-0.15, -0.1) is 5.10 Å². The topological polar surface area (TPSA) is 102 Å². The van der Waals surface area contributed by atoms with E-state index in [1.54, 1.807) is 30.3 Å². The van der Waals surface area contributed by atoms with Crippen LogP contribution >= 0.6 is 23.2 Å². The van der Waals surface area contributed by atoms with Crippen molar-refractivity contribution in [3.8, 4) is 16.9 Å². The van der Waals surface area contributed by atoms with E-state index in [1.165, 1.54) is 12.3 Å². The summed E-state index contributed by atoms with van der Waals surface area (Å²) < 4.78 is 25.5. The highest BCUT2D eigenvalue weighted by Gasteiger charge is 2.18. The highest BCUT2D eigenvalue weighted by molar-refractivity contribution is 6.36. The summed E-state index contributed by atoms with van der Waals surface area (Å²) in [6, 6.07) is 13.3. The Morgan fingerprint density at radius 1 is 1.15 bits per heavy atom. The number of ether oxygens (including phenoxy) is 2. The maximum absolute atomic E-state index is 13.9. The number of pyridine rings is 1. The third-order valence-electron chi connectivity index (χ3n) is 6.42. The second-order valence-electron chi connectivity index (χ2n) is 9.24. The van der Waals surface area contributed by atoms with E-state index >= 15 is 0 Å². The number of hydrogen-bond acceptors (Lipinski definition) is 6. The van der Waals surface area contributed by atoms with Crippen LogP contribution in [0.25, 0.3) is 11.1 Å². The van der Waals surface area contributed by atoms with Crippen molar-refractivity contribution in [1.29, 1.82) is 0 Å². The van der Waals surface area contributed by atoms with Gasteiger partial charge >= 0.3 is 0 Å². The van der Waals surface area contributed by atoms with Crippen molar-refractivity contribution in [3.63, 3.8) is 0 Å². The summed E-state index contributed by atoms with van der Waals surface area (Å²) in [5, 5.41) is 10.1. The minimum absolute atomic E-state index is 0.101. The summed E-state index contributed by atoms with van der Waals surface area (Å²) in [5.74, 6) is 0.718. The van der Waals surface area contributed by atoms with Gasteiger partial charge in [0.15, 0.2) is 0 Å². The Morgan fingerprint density at radius 3 is 2.82 bits per heavy atom. The number of aromatic nitrogens is 4. The zero-order valence-corrected chi connectivity index (χ0v) is 22.4. The molecular formula is C28H26Cl2FN5O3. The van der Waals surface area contributed by atoms with Gasteiger partial charge in [-0.1, -0.05) is 41.4 Å². The number of carbonyl (C=O) groups excluding carboxylic acids is 1. The fraction of sp³-hybridized carbons (Fsp3) is 0.286. The van der Waals surface area contributed by atoms with E-state index in [9.17, 15) is 9.18 Å². The molecule has 0 saturated carbocycles. The van der Waals surface area contributed by atoms with Crippen molar-refractivity contribution in [2.75, 3.05) is 25.1 Å². The lowest BCUT2D eigenvalue weighted by molar-refractivity contribution is 0.0462. The number of benzene rings is 2. The Morgan fingerprint density at radius 2 is 2.00 bits per heavy atom. The number of H-pyrrole nitrogens is 1. The molecule has 0 aliphatic carbocycles. The van der Waals surface area contributed by atoms with Crippen LogP contribution in [0.4, 0.5) is 10.2 Å². The zero-order chi connectivity index (χ0) is 27.2. The number of hydrogen-bond donors (Lipinski definition) is 2. The van der Waals surface area contributed by atoms with Crippen LogP contribution in [0, 0.1) is 11.7 Å². The molecule has 1 aliphatic rings. The first-order valence-corrected chi connectivity index (χ1v) is 13.3. The Kier molecular flexibility index (Phi) is 8.71. The predicted molar refractivity (Wildman–Crippen MR) is 147 cm³/mol. The molecule has 1 atom stereocenters. The fourth-order valence-corrected chi connectivity index (χ4v) is 4.79. The Hall–Kier alpha value is -3.53. The van der Waals surface area contributed by atoms with Gasteiger partial charge in [-0.05, 0) is 61.1 Å². The number of halogens is 3. The Bertz CT molecular complexity index is 1460. The van der Waals surface area contributed by atoms with E-state index in [-0.39, 0.29) is 23.9 Å². The molecule has 0 bridgehead atoms. The summed E-state index contributed by atoms with van der Waals surface area (Å²) in [6.07, 6.45) is 4.74. The molecule has 11 heteroatoms. The third kappa shape index (κ3) is 6.92. The Balaban J connectivity index is 1.26. The van der Waals surface area contributed by atoms with Gasteiger partial charge in [0.05, 0.1) is 11.6 Å². The maximum atomic E-state index is 13.9. The van der Waals surface area contributed by atoms with Crippen LogP contribution in [0.1, 0.15) is 41.3 Å². The zero-order valence-electron chi connectivity index (χ0n) is 20.9. The molecule has 0 radical (unpaired) electrons. The predicted octanol–water partition coefficient (Wildman–Crippen LogP) is 6.35. The quantitative estimate of drug-likeness (QED) is 0.243. The van der Waals surface area contributed by atoms with Crippen LogP contribution < -0.4 is 10.1 Å². The minimum atomic E-state index is -0.582. The first-order valence-electron chi connectivity index (χ1n) is 12.6. The molecule has 1 aliphatic heterocycles. The van der Waals surface area contributed by atoms with Gasteiger partial charge in [-0.25, -0.2) is 14.4 Å². The summed E-state index contributed by atoms with van der Waals surface area (Å²) in [7, 11) is 0. The number of anilines is 1. The van der Waals surface area contributed by atoms with Gasteiger partial charge in [0.2, 0.25) is 5.82 Å². The summed E-state index contributed by atoms with van der Waals surface area (Å²) >= 11 is 13.0. The van der Waals surface area contributed by atoms with Crippen molar-refractivity contribution in [1.82, 2.24) is 20.2 Å². The van der Waals surface area contributed by atoms with Crippen molar-refractivity contribution in [2.45, 2.75) is 25.7 Å². The molecule has 4 aromatic rings. The molecule has 1 amide bonds. The van der Waals surface area contributed by atoms with Gasteiger partial charge in [0.1, 0.15) is 23.2 Å². The average molecular weight is 570 g/mol. The third-order valence-corrected chi connectivity index (χ3v) is 7.06. The smallest absolute Gasteiger partial charge is 0.296 e. The molecule has 2 N–H and O–H groups in total. The van der Waals surface area contributed by atoms with Crippen molar-refractivity contribution in [2.24, 2.45) is 5.92 Å². The van der Waals surface area contributed by atoms with E-state index in [1.807, 2.05) is 12.1 Å². The monoisotopic (exact) mass is 569 g/mol. The normalized spacial score (nSPS) is 15.2. The summed E-state index contributed by atoms with van der Waals surface area (Å²) in [5.41, 5.74) is 1.66. The lowest BCUT2D eigenvalue weighted by atomic mass is 9.99. The molecule has 5 rings (SSSR count). The van der Waals surface area contributed by atoms with Gasteiger partial charge < -0.3 is 14.8 Å². The molecule has 39 heavy (non-hydrogen) atoms. The molecule has 1 unspecified atom stereocenters. The first-order chi connectivity index (χ1) is 19.0. The van der Waals surface area contributed by atoms with E-state index in [2.05, 4.69) is 25.5 Å². The van der Waals surface area contributed by atoms with E-state index in [0.29, 0.717) is 50.8 Å². The van der Waals surface area contributed by atoms with Crippen molar-refractivity contribution >= 4 is 34.9 Å². The van der Waals surface area contributed by atoms with Crippen LogP contribution in [0.15, 0.2) is 54.7 Å². The average Bonchev–Trinajstić information content (AvgIpc) is 3.41.